The number of hydrogen-bond donors (Lipinski definition) is 1. The average Bonchev–Trinajstić information content (AvgIpc) is 2.73. The van der Waals surface area contributed by atoms with Gasteiger partial charge < -0.3 is 14.7 Å². The van der Waals surface area contributed by atoms with Crippen LogP contribution in [-0.2, 0) is 25.8 Å². The van der Waals surface area contributed by atoms with E-state index in [1.165, 1.54) is 6.26 Å². The molecule has 8 nitrogen and oxygen atoms in total. The number of anilines is 1. The fourth-order valence-corrected chi connectivity index (χ4v) is 4.19. The average molecular weight is 434 g/mol. The van der Waals surface area contributed by atoms with Gasteiger partial charge in [0.25, 0.3) is 0 Å². The first-order valence-corrected chi connectivity index (χ1v) is 11.8. The Morgan fingerprint density at radius 2 is 1.90 bits per heavy atom. The van der Waals surface area contributed by atoms with E-state index >= 15 is 0 Å². The molecule has 0 atom stereocenters. The van der Waals surface area contributed by atoms with Gasteiger partial charge >= 0.3 is 5.97 Å². The minimum absolute atomic E-state index is 0.249. The molecular weight excluding hydrogens is 406 g/mol. The standard InChI is InChI=1S/C21H27N3O5S/c1-29-13-3-4-17-14-22-19(15-5-7-18(8-6-15)30(2,27)28)20(23-17)24-11-9-16(10-12-24)21(25)26/h5-8,14,16H,3-4,9-13H2,1-2H3,(H,25,26). The zero-order chi connectivity index (χ0) is 21.7. The SMILES string of the molecule is COCCCc1cnc(-c2ccc(S(C)(=O)=O)cc2)c(N2CCC(C(=O)O)CC2)n1. The topological polar surface area (TPSA) is 110 Å². The quantitative estimate of drug-likeness (QED) is 0.632. The van der Waals surface area contributed by atoms with Crippen LogP contribution in [0.5, 0.6) is 0 Å². The summed E-state index contributed by atoms with van der Waals surface area (Å²) >= 11 is 0. The summed E-state index contributed by atoms with van der Waals surface area (Å²) in [6.07, 6.45) is 5.58. The highest BCUT2D eigenvalue weighted by Crippen LogP contribution is 2.31. The highest BCUT2D eigenvalue weighted by Gasteiger charge is 2.27. The van der Waals surface area contributed by atoms with Crippen molar-refractivity contribution in [3.05, 3.63) is 36.2 Å². The van der Waals surface area contributed by atoms with Crippen molar-refractivity contribution in [2.75, 3.05) is 38.0 Å². The highest BCUT2D eigenvalue weighted by molar-refractivity contribution is 7.90. The summed E-state index contributed by atoms with van der Waals surface area (Å²) in [6.45, 7) is 1.80. The highest BCUT2D eigenvalue weighted by atomic mass is 32.2. The molecule has 1 aromatic heterocycles. The zero-order valence-electron chi connectivity index (χ0n) is 17.2. The lowest BCUT2D eigenvalue weighted by molar-refractivity contribution is -0.142. The van der Waals surface area contributed by atoms with Crippen LogP contribution in [0.3, 0.4) is 0 Å². The molecule has 1 fully saturated rings. The van der Waals surface area contributed by atoms with Gasteiger partial charge in [-0.15, -0.1) is 0 Å². The van der Waals surface area contributed by atoms with Crippen molar-refractivity contribution in [1.82, 2.24) is 9.97 Å². The molecular formula is C21H27N3O5S. The Labute approximate surface area is 176 Å². The van der Waals surface area contributed by atoms with Crippen LogP contribution in [0.15, 0.2) is 35.4 Å². The molecule has 0 bridgehead atoms. The Morgan fingerprint density at radius 1 is 1.23 bits per heavy atom. The molecule has 9 heteroatoms. The number of rotatable bonds is 8. The number of sulfone groups is 1. The minimum Gasteiger partial charge on any atom is -0.481 e. The number of methoxy groups -OCH3 is 1. The number of ether oxygens (including phenoxy) is 1. The summed E-state index contributed by atoms with van der Waals surface area (Å²) in [5, 5.41) is 9.28. The van der Waals surface area contributed by atoms with Crippen LogP contribution in [0, 0.1) is 5.92 Å². The summed E-state index contributed by atoms with van der Waals surface area (Å²) in [5.74, 6) is -0.386. The molecule has 0 saturated carbocycles. The third kappa shape index (κ3) is 5.34. The van der Waals surface area contributed by atoms with Gasteiger partial charge in [-0.25, -0.2) is 13.4 Å². The normalized spacial score (nSPS) is 15.3. The van der Waals surface area contributed by atoms with E-state index in [1.807, 2.05) is 0 Å². The van der Waals surface area contributed by atoms with Gasteiger partial charge in [0.15, 0.2) is 15.7 Å². The smallest absolute Gasteiger partial charge is 0.306 e. The number of aryl methyl sites for hydroxylation is 1. The van der Waals surface area contributed by atoms with Gasteiger partial charge in [-0.2, -0.15) is 0 Å². The monoisotopic (exact) mass is 433 g/mol. The zero-order valence-corrected chi connectivity index (χ0v) is 18.1. The van der Waals surface area contributed by atoms with Gasteiger partial charge in [0.05, 0.1) is 16.5 Å². The van der Waals surface area contributed by atoms with Crippen LogP contribution < -0.4 is 4.90 Å². The third-order valence-corrected chi connectivity index (χ3v) is 6.41. The Balaban J connectivity index is 1.92. The molecule has 1 aromatic carbocycles. The van der Waals surface area contributed by atoms with Gasteiger partial charge in [0, 0.05) is 44.8 Å². The van der Waals surface area contributed by atoms with Crippen LogP contribution in [0.25, 0.3) is 11.3 Å². The van der Waals surface area contributed by atoms with Crippen LogP contribution in [0.4, 0.5) is 5.82 Å². The molecule has 0 aliphatic carbocycles. The maximum atomic E-state index is 11.8. The molecule has 2 heterocycles. The molecule has 2 aromatic rings. The Hall–Kier alpha value is -2.52. The molecule has 30 heavy (non-hydrogen) atoms. The van der Waals surface area contributed by atoms with Gasteiger partial charge in [0.2, 0.25) is 0 Å². The van der Waals surface area contributed by atoms with E-state index in [-0.39, 0.29) is 10.8 Å². The second-order valence-electron chi connectivity index (χ2n) is 7.53. The number of carbonyl (C=O) groups is 1. The van der Waals surface area contributed by atoms with Crippen molar-refractivity contribution in [3.63, 3.8) is 0 Å². The predicted molar refractivity (Wildman–Crippen MR) is 113 cm³/mol. The van der Waals surface area contributed by atoms with E-state index in [0.717, 1.165) is 24.1 Å². The Morgan fingerprint density at radius 3 is 2.47 bits per heavy atom. The van der Waals surface area contributed by atoms with Crippen molar-refractivity contribution in [1.29, 1.82) is 0 Å². The Bertz CT molecular complexity index is 984. The van der Waals surface area contributed by atoms with Crippen LogP contribution in [0.1, 0.15) is 25.0 Å². The lowest BCUT2D eigenvalue weighted by Crippen LogP contribution is -2.37. The van der Waals surface area contributed by atoms with Gasteiger partial charge in [0.1, 0.15) is 5.69 Å². The maximum absolute atomic E-state index is 11.8. The number of aliphatic carboxylic acids is 1. The second kappa shape index (κ2) is 9.53. The van der Waals surface area contributed by atoms with E-state index in [9.17, 15) is 18.3 Å². The third-order valence-electron chi connectivity index (χ3n) is 5.29. The van der Waals surface area contributed by atoms with Crippen LogP contribution in [0.2, 0.25) is 0 Å². The lowest BCUT2D eigenvalue weighted by atomic mass is 9.97. The lowest BCUT2D eigenvalue weighted by Gasteiger charge is -2.32. The van der Waals surface area contributed by atoms with E-state index in [2.05, 4.69) is 9.88 Å². The van der Waals surface area contributed by atoms with Crippen molar-refractivity contribution >= 4 is 21.6 Å². The molecule has 1 aliphatic rings. The number of nitrogens with zero attached hydrogens (tertiary/aromatic N) is 3. The summed E-state index contributed by atoms with van der Waals surface area (Å²) < 4.78 is 28.6. The minimum atomic E-state index is -3.28. The molecule has 1 saturated heterocycles. The van der Waals surface area contributed by atoms with Crippen LogP contribution >= 0.6 is 0 Å². The second-order valence-corrected chi connectivity index (χ2v) is 9.54. The van der Waals surface area contributed by atoms with Crippen molar-refractivity contribution < 1.29 is 23.1 Å². The first kappa shape index (κ1) is 22.2. The van der Waals surface area contributed by atoms with E-state index in [4.69, 9.17) is 9.72 Å². The van der Waals surface area contributed by atoms with Gasteiger partial charge in [-0.1, -0.05) is 12.1 Å². The summed E-state index contributed by atoms with van der Waals surface area (Å²) in [7, 11) is -1.62. The van der Waals surface area contributed by atoms with Crippen molar-refractivity contribution in [2.24, 2.45) is 5.92 Å². The summed E-state index contributed by atoms with van der Waals surface area (Å²) in [6, 6.07) is 6.61. The molecule has 0 radical (unpaired) electrons. The molecule has 162 valence electrons. The van der Waals surface area contributed by atoms with Crippen LogP contribution in [-0.4, -0.2) is 62.5 Å². The Kier molecular flexibility index (Phi) is 7.04. The van der Waals surface area contributed by atoms with E-state index < -0.39 is 15.8 Å². The van der Waals surface area contributed by atoms with E-state index in [1.54, 1.807) is 37.6 Å². The maximum Gasteiger partial charge on any atom is 0.306 e. The number of carboxylic acids is 1. The van der Waals surface area contributed by atoms with E-state index in [0.29, 0.717) is 44.0 Å². The summed E-state index contributed by atoms with van der Waals surface area (Å²) in [5.41, 5.74) is 2.28. The molecule has 1 N–H and O–H groups in total. The summed E-state index contributed by atoms with van der Waals surface area (Å²) in [4.78, 5) is 23.1. The first-order valence-electron chi connectivity index (χ1n) is 9.92. The van der Waals surface area contributed by atoms with Crippen molar-refractivity contribution in [2.45, 2.75) is 30.6 Å². The fraction of sp³-hybridized carbons (Fsp3) is 0.476. The number of piperidine rings is 1. The largest absolute Gasteiger partial charge is 0.481 e. The fourth-order valence-electron chi connectivity index (χ4n) is 3.56. The number of benzene rings is 1. The number of carboxylic acid groups (broad SMARTS) is 1. The molecule has 1 aliphatic heterocycles. The van der Waals surface area contributed by atoms with Gasteiger partial charge in [-0.05, 0) is 37.8 Å². The molecule has 0 spiro atoms. The number of aromatic nitrogens is 2. The molecule has 0 unspecified atom stereocenters. The molecule has 0 amide bonds. The first-order chi connectivity index (χ1) is 14.3. The van der Waals surface area contributed by atoms with Gasteiger partial charge in [-0.3, -0.25) is 9.78 Å². The van der Waals surface area contributed by atoms with Crippen molar-refractivity contribution in [3.8, 4) is 11.3 Å². The predicted octanol–water partition coefficient (Wildman–Crippen LogP) is 2.43. The molecule has 3 rings (SSSR count). The number of hydrogen-bond acceptors (Lipinski definition) is 7.